The largest absolute Gasteiger partial charge is 0.369 e. The van der Waals surface area contributed by atoms with E-state index in [0.29, 0.717) is 10.0 Å². The van der Waals surface area contributed by atoms with Crippen LogP contribution in [0.5, 0.6) is 0 Å². The Morgan fingerprint density at radius 2 is 1.84 bits per heavy atom. The first-order valence-electron chi connectivity index (χ1n) is 6.62. The van der Waals surface area contributed by atoms with Crippen LogP contribution in [0.2, 0.25) is 10.0 Å². The van der Waals surface area contributed by atoms with E-state index in [0.717, 1.165) is 38.3 Å². The molecular weight excluding hydrogens is 283 g/mol. The Balaban J connectivity index is 1.97. The van der Waals surface area contributed by atoms with Gasteiger partial charge in [-0.1, -0.05) is 30.1 Å². The third kappa shape index (κ3) is 3.54. The van der Waals surface area contributed by atoms with E-state index in [1.54, 1.807) is 7.11 Å². The molecule has 0 spiro atoms. The molecule has 5 heteroatoms. The number of anilines is 1. The second-order valence-electron chi connectivity index (χ2n) is 4.72. The first kappa shape index (κ1) is 14.9. The second kappa shape index (κ2) is 6.80. The first-order valence-corrected chi connectivity index (χ1v) is 7.38. The molecule has 0 N–H and O–H groups in total. The summed E-state index contributed by atoms with van der Waals surface area (Å²) in [6.07, 6.45) is 1.25. The van der Waals surface area contributed by atoms with Crippen molar-refractivity contribution in [1.82, 2.24) is 4.90 Å². The molecule has 1 unspecified atom stereocenters. The van der Waals surface area contributed by atoms with Crippen molar-refractivity contribution in [3.63, 3.8) is 0 Å². The minimum Gasteiger partial charge on any atom is -0.369 e. The van der Waals surface area contributed by atoms with Gasteiger partial charge in [0.15, 0.2) is 0 Å². The number of methoxy groups -OCH3 is 1. The van der Waals surface area contributed by atoms with Crippen LogP contribution in [0, 0.1) is 0 Å². The highest BCUT2D eigenvalue weighted by Gasteiger charge is 2.22. The second-order valence-corrected chi connectivity index (χ2v) is 5.53. The van der Waals surface area contributed by atoms with E-state index in [2.05, 4.69) is 16.7 Å². The summed E-state index contributed by atoms with van der Waals surface area (Å²) in [4.78, 5) is 4.72. The number of rotatable bonds is 4. The summed E-state index contributed by atoms with van der Waals surface area (Å²) in [6.45, 7) is 6.13. The molecule has 19 heavy (non-hydrogen) atoms. The minimum absolute atomic E-state index is 0.232. The van der Waals surface area contributed by atoms with E-state index in [-0.39, 0.29) is 6.23 Å². The standard InChI is InChI=1S/C14H20Cl2N2O/c1-3-14(19-2)18-8-6-17(7-9-18)11-4-5-12(15)13(16)10-11/h4-5,10,14H,3,6-9H2,1-2H3. The van der Waals surface area contributed by atoms with Crippen molar-refractivity contribution < 1.29 is 4.74 Å². The Morgan fingerprint density at radius 1 is 1.16 bits per heavy atom. The van der Waals surface area contributed by atoms with Gasteiger partial charge in [-0.05, 0) is 24.6 Å². The van der Waals surface area contributed by atoms with Gasteiger partial charge in [-0.2, -0.15) is 0 Å². The van der Waals surface area contributed by atoms with Gasteiger partial charge in [0.25, 0.3) is 0 Å². The highest BCUT2D eigenvalue weighted by atomic mass is 35.5. The SMILES string of the molecule is CCC(OC)N1CCN(c2ccc(Cl)c(Cl)c2)CC1. The summed E-state index contributed by atoms with van der Waals surface area (Å²) in [7, 11) is 1.78. The first-order chi connectivity index (χ1) is 9.15. The normalized spacial score (nSPS) is 18.6. The van der Waals surface area contributed by atoms with Crippen LogP contribution in [0.25, 0.3) is 0 Å². The summed E-state index contributed by atoms with van der Waals surface area (Å²) in [5.41, 5.74) is 1.14. The van der Waals surface area contributed by atoms with E-state index in [9.17, 15) is 0 Å². The molecule has 0 radical (unpaired) electrons. The van der Waals surface area contributed by atoms with Crippen LogP contribution in [0.4, 0.5) is 5.69 Å². The monoisotopic (exact) mass is 302 g/mol. The fourth-order valence-electron chi connectivity index (χ4n) is 2.52. The van der Waals surface area contributed by atoms with Gasteiger partial charge >= 0.3 is 0 Å². The Hall–Kier alpha value is -0.480. The third-order valence-corrected chi connectivity index (χ3v) is 4.35. The smallest absolute Gasteiger partial charge is 0.110 e. The molecule has 106 valence electrons. The molecule has 1 aromatic carbocycles. The van der Waals surface area contributed by atoms with Crippen molar-refractivity contribution in [3.8, 4) is 0 Å². The summed E-state index contributed by atoms with van der Waals surface area (Å²) in [6, 6.07) is 5.82. The summed E-state index contributed by atoms with van der Waals surface area (Å²) >= 11 is 12.0. The van der Waals surface area contributed by atoms with Gasteiger partial charge in [0, 0.05) is 39.0 Å². The van der Waals surface area contributed by atoms with Crippen molar-refractivity contribution in [1.29, 1.82) is 0 Å². The fourth-order valence-corrected chi connectivity index (χ4v) is 2.82. The van der Waals surface area contributed by atoms with Gasteiger partial charge in [0.2, 0.25) is 0 Å². The third-order valence-electron chi connectivity index (χ3n) is 3.61. The predicted octanol–water partition coefficient (Wildman–Crippen LogP) is 3.50. The van der Waals surface area contributed by atoms with Crippen LogP contribution in [0.3, 0.4) is 0 Å². The quantitative estimate of drug-likeness (QED) is 0.847. The molecule has 1 fully saturated rings. The van der Waals surface area contributed by atoms with Crippen LogP contribution in [0.15, 0.2) is 18.2 Å². The summed E-state index contributed by atoms with van der Waals surface area (Å²) in [5, 5.41) is 1.22. The predicted molar refractivity (Wildman–Crippen MR) is 81.3 cm³/mol. The molecule has 1 aliphatic rings. The molecule has 2 rings (SSSR count). The highest BCUT2D eigenvalue weighted by Crippen LogP contribution is 2.28. The van der Waals surface area contributed by atoms with Gasteiger partial charge in [0.1, 0.15) is 6.23 Å². The molecule has 1 saturated heterocycles. The molecule has 1 atom stereocenters. The van der Waals surface area contributed by atoms with Gasteiger partial charge < -0.3 is 9.64 Å². The lowest BCUT2D eigenvalue weighted by Crippen LogP contribution is -2.50. The van der Waals surface area contributed by atoms with Gasteiger partial charge in [-0.25, -0.2) is 0 Å². The number of hydrogen-bond acceptors (Lipinski definition) is 3. The van der Waals surface area contributed by atoms with Crippen molar-refractivity contribution in [3.05, 3.63) is 28.2 Å². The molecule has 1 aliphatic heterocycles. The van der Waals surface area contributed by atoms with Crippen molar-refractivity contribution in [2.24, 2.45) is 0 Å². The maximum Gasteiger partial charge on any atom is 0.110 e. The van der Waals surface area contributed by atoms with E-state index in [4.69, 9.17) is 27.9 Å². The number of halogens is 2. The van der Waals surface area contributed by atoms with Crippen LogP contribution in [-0.2, 0) is 4.74 Å². The lowest BCUT2D eigenvalue weighted by molar-refractivity contribution is -0.0367. The van der Waals surface area contributed by atoms with Crippen molar-refractivity contribution in [2.45, 2.75) is 19.6 Å². The zero-order chi connectivity index (χ0) is 13.8. The van der Waals surface area contributed by atoms with Crippen LogP contribution >= 0.6 is 23.2 Å². The molecule has 1 aromatic rings. The molecular formula is C14H20Cl2N2O. The average molecular weight is 303 g/mol. The molecule has 3 nitrogen and oxygen atoms in total. The zero-order valence-electron chi connectivity index (χ0n) is 11.4. The van der Waals surface area contributed by atoms with Crippen LogP contribution in [0.1, 0.15) is 13.3 Å². The number of nitrogens with zero attached hydrogens (tertiary/aromatic N) is 2. The van der Waals surface area contributed by atoms with E-state index < -0.39 is 0 Å². The Labute approximate surface area is 125 Å². The van der Waals surface area contributed by atoms with E-state index in [1.165, 1.54) is 0 Å². The Bertz CT molecular complexity index is 416. The number of hydrogen-bond donors (Lipinski definition) is 0. The average Bonchev–Trinajstić information content (AvgIpc) is 2.44. The summed E-state index contributed by atoms with van der Waals surface area (Å²) in [5.74, 6) is 0. The maximum absolute atomic E-state index is 6.07. The van der Waals surface area contributed by atoms with Crippen molar-refractivity contribution in [2.75, 3.05) is 38.2 Å². The number of benzene rings is 1. The number of piperazine rings is 1. The number of ether oxygens (including phenoxy) is 1. The molecule has 0 aromatic heterocycles. The molecule has 0 aliphatic carbocycles. The molecule has 0 bridgehead atoms. The van der Waals surface area contributed by atoms with Crippen LogP contribution < -0.4 is 4.90 Å². The molecule has 0 saturated carbocycles. The van der Waals surface area contributed by atoms with E-state index in [1.807, 2.05) is 18.2 Å². The Kier molecular flexibility index (Phi) is 5.34. The lowest BCUT2D eigenvalue weighted by Gasteiger charge is -2.39. The van der Waals surface area contributed by atoms with Gasteiger partial charge in [-0.3, -0.25) is 4.90 Å². The highest BCUT2D eigenvalue weighted by molar-refractivity contribution is 6.42. The lowest BCUT2D eigenvalue weighted by atomic mass is 10.2. The minimum atomic E-state index is 0.232. The van der Waals surface area contributed by atoms with Gasteiger partial charge in [0.05, 0.1) is 10.0 Å². The van der Waals surface area contributed by atoms with Crippen LogP contribution in [-0.4, -0.2) is 44.4 Å². The summed E-state index contributed by atoms with van der Waals surface area (Å²) < 4.78 is 5.48. The topological polar surface area (TPSA) is 15.7 Å². The maximum atomic E-state index is 6.07. The molecule has 0 amide bonds. The zero-order valence-corrected chi connectivity index (χ0v) is 12.9. The Morgan fingerprint density at radius 3 is 2.37 bits per heavy atom. The molecule has 1 heterocycles. The van der Waals surface area contributed by atoms with Gasteiger partial charge in [-0.15, -0.1) is 0 Å². The van der Waals surface area contributed by atoms with E-state index >= 15 is 0 Å². The van der Waals surface area contributed by atoms with Crippen molar-refractivity contribution >= 4 is 28.9 Å². The fraction of sp³-hybridized carbons (Fsp3) is 0.571.